The van der Waals surface area contributed by atoms with Crippen LogP contribution in [0, 0.1) is 13.8 Å². The zero-order valence-electron chi connectivity index (χ0n) is 20.7. The van der Waals surface area contributed by atoms with Crippen LogP contribution in [0.3, 0.4) is 0 Å². The van der Waals surface area contributed by atoms with E-state index in [0.717, 1.165) is 64.0 Å². The highest BCUT2D eigenvalue weighted by atomic mass is 32.2. The Balaban J connectivity index is 1.44. The van der Waals surface area contributed by atoms with Gasteiger partial charge in [-0.05, 0) is 57.4 Å². The molecular formula is C25H37N5O3S. The summed E-state index contributed by atoms with van der Waals surface area (Å²) in [6.45, 7) is 11.9. The SMILES string of the molecule is CCCN1CCN(C(=O)c2ccc(Cn3nc(C)c(S(=O)(=O)N4CCCCC4)c3C)cc2)CC1. The lowest BCUT2D eigenvalue weighted by Crippen LogP contribution is -2.48. The van der Waals surface area contributed by atoms with Crippen LogP contribution >= 0.6 is 0 Å². The highest BCUT2D eigenvalue weighted by Crippen LogP contribution is 2.26. The third-order valence-corrected chi connectivity index (χ3v) is 9.11. The largest absolute Gasteiger partial charge is 0.336 e. The fourth-order valence-electron chi connectivity index (χ4n) is 5.04. The molecule has 1 aromatic carbocycles. The van der Waals surface area contributed by atoms with E-state index in [0.29, 0.717) is 41.5 Å². The van der Waals surface area contributed by atoms with Gasteiger partial charge in [0.1, 0.15) is 4.90 Å². The molecular weight excluding hydrogens is 450 g/mol. The van der Waals surface area contributed by atoms with Crippen LogP contribution < -0.4 is 0 Å². The molecule has 9 heteroatoms. The molecule has 2 fully saturated rings. The van der Waals surface area contributed by atoms with Gasteiger partial charge in [-0.25, -0.2) is 8.42 Å². The average Bonchev–Trinajstić information content (AvgIpc) is 3.13. The third-order valence-electron chi connectivity index (χ3n) is 6.96. The topological polar surface area (TPSA) is 78.8 Å². The molecule has 2 aliphatic heterocycles. The number of carbonyl (C=O) groups is 1. The number of aryl methyl sites for hydroxylation is 1. The second kappa shape index (κ2) is 10.6. The first-order valence-corrected chi connectivity index (χ1v) is 13.9. The van der Waals surface area contributed by atoms with Gasteiger partial charge in [-0.3, -0.25) is 14.4 Å². The Morgan fingerprint density at radius 1 is 0.941 bits per heavy atom. The molecule has 0 atom stereocenters. The summed E-state index contributed by atoms with van der Waals surface area (Å²) in [7, 11) is -3.54. The smallest absolute Gasteiger partial charge is 0.253 e. The number of benzene rings is 1. The molecule has 4 rings (SSSR count). The maximum absolute atomic E-state index is 13.2. The fraction of sp³-hybridized carbons (Fsp3) is 0.600. The van der Waals surface area contributed by atoms with E-state index in [1.165, 1.54) is 0 Å². The van der Waals surface area contributed by atoms with Gasteiger partial charge in [-0.15, -0.1) is 0 Å². The lowest BCUT2D eigenvalue weighted by Gasteiger charge is -2.34. The highest BCUT2D eigenvalue weighted by molar-refractivity contribution is 7.89. The van der Waals surface area contributed by atoms with Crippen molar-refractivity contribution in [1.82, 2.24) is 23.9 Å². The predicted molar refractivity (Wildman–Crippen MR) is 132 cm³/mol. The van der Waals surface area contributed by atoms with E-state index in [1.54, 1.807) is 15.9 Å². The summed E-state index contributed by atoms with van der Waals surface area (Å²) in [6, 6.07) is 7.62. The third kappa shape index (κ3) is 5.21. The van der Waals surface area contributed by atoms with E-state index >= 15 is 0 Å². The van der Waals surface area contributed by atoms with Gasteiger partial charge in [-0.2, -0.15) is 9.40 Å². The van der Waals surface area contributed by atoms with E-state index in [2.05, 4.69) is 16.9 Å². The first kappa shape index (κ1) is 24.9. The lowest BCUT2D eigenvalue weighted by atomic mass is 10.1. The molecule has 0 saturated carbocycles. The molecule has 1 amide bonds. The van der Waals surface area contributed by atoms with E-state index in [9.17, 15) is 13.2 Å². The summed E-state index contributed by atoms with van der Waals surface area (Å²) >= 11 is 0. The van der Waals surface area contributed by atoms with Crippen molar-refractivity contribution in [3.05, 3.63) is 46.8 Å². The van der Waals surface area contributed by atoms with Crippen LogP contribution in [0.1, 0.15) is 59.9 Å². The molecule has 3 heterocycles. The minimum Gasteiger partial charge on any atom is -0.336 e. The zero-order valence-corrected chi connectivity index (χ0v) is 21.5. The number of sulfonamides is 1. The van der Waals surface area contributed by atoms with Gasteiger partial charge in [0.15, 0.2) is 0 Å². The average molecular weight is 488 g/mol. The molecule has 0 spiro atoms. The molecule has 0 radical (unpaired) electrons. The number of nitrogens with zero attached hydrogens (tertiary/aromatic N) is 5. The number of rotatable bonds is 7. The number of amides is 1. The highest BCUT2D eigenvalue weighted by Gasteiger charge is 2.31. The van der Waals surface area contributed by atoms with E-state index in [1.807, 2.05) is 36.1 Å². The minimum absolute atomic E-state index is 0.0729. The predicted octanol–water partition coefficient (Wildman–Crippen LogP) is 2.89. The minimum atomic E-state index is -3.54. The summed E-state index contributed by atoms with van der Waals surface area (Å²) in [5.74, 6) is 0.0729. The van der Waals surface area contributed by atoms with Gasteiger partial charge in [0, 0.05) is 44.8 Å². The van der Waals surface area contributed by atoms with Crippen molar-refractivity contribution in [2.24, 2.45) is 0 Å². The van der Waals surface area contributed by atoms with Crippen molar-refractivity contribution in [3.8, 4) is 0 Å². The molecule has 2 aliphatic rings. The second-order valence-corrected chi connectivity index (χ2v) is 11.3. The summed E-state index contributed by atoms with van der Waals surface area (Å²) in [5.41, 5.74) is 2.87. The second-order valence-electron chi connectivity index (χ2n) is 9.45. The standard InChI is InChI=1S/C25H37N5O3S/c1-4-12-27-15-17-28(18-16-27)25(31)23-10-8-22(9-11-23)19-30-21(3)24(20(2)26-30)34(32,33)29-13-6-5-7-14-29/h8-11H,4-7,12-19H2,1-3H3. The van der Waals surface area contributed by atoms with Crippen LogP contribution in [-0.4, -0.2) is 84.0 Å². The monoisotopic (exact) mass is 487 g/mol. The Hall–Kier alpha value is -2.23. The fourth-order valence-corrected chi connectivity index (χ4v) is 6.93. The molecule has 8 nitrogen and oxygen atoms in total. The Labute approximate surface area is 203 Å². The molecule has 2 aromatic rings. The van der Waals surface area contributed by atoms with Gasteiger partial charge >= 0.3 is 0 Å². The van der Waals surface area contributed by atoms with Crippen LogP contribution in [0.25, 0.3) is 0 Å². The number of carbonyl (C=O) groups excluding carboxylic acids is 1. The summed E-state index contributed by atoms with van der Waals surface area (Å²) in [5, 5.41) is 4.55. The zero-order chi connectivity index (χ0) is 24.3. The Bertz CT molecular complexity index is 1100. The molecule has 1 aromatic heterocycles. The lowest BCUT2D eigenvalue weighted by molar-refractivity contribution is 0.0637. The van der Waals surface area contributed by atoms with Crippen LogP contribution in [0.5, 0.6) is 0 Å². The number of hydrogen-bond acceptors (Lipinski definition) is 5. The Kier molecular flexibility index (Phi) is 7.74. The van der Waals surface area contributed by atoms with Crippen LogP contribution in [0.4, 0.5) is 0 Å². The van der Waals surface area contributed by atoms with E-state index < -0.39 is 10.0 Å². The van der Waals surface area contributed by atoms with Crippen molar-refractivity contribution in [1.29, 1.82) is 0 Å². The van der Waals surface area contributed by atoms with E-state index in [-0.39, 0.29) is 5.91 Å². The Morgan fingerprint density at radius 2 is 1.59 bits per heavy atom. The number of piperazine rings is 1. The molecule has 0 N–H and O–H groups in total. The molecule has 0 bridgehead atoms. The van der Waals surface area contributed by atoms with Gasteiger partial charge < -0.3 is 4.90 Å². The normalized spacial score (nSPS) is 18.4. The summed E-state index contributed by atoms with van der Waals surface area (Å²) < 4.78 is 29.9. The maximum atomic E-state index is 13.2. The van der Waals surface area contributed by atoms with Crippen molar-refractivity contribution >= 4 is 15.9 Å². The first-order valence-electron chi connectivity index (χ1n) is 12.5. The van der Waals surface area contributed by atoms with Crippen LogP contribution in [0.2, 0.25) is 0 Å². The van der Waals surface area contributed by atoms with Gasteiger partial charge in [-0.1, -0.05) is 25.5 Å². The number of aromatic nitrogens is 2. The Morgan fingerprint density at radius 3 is 2.21 bits per heavy atom. The quantitative estimate of drug-likeness (QED) is 0.600. The van der Waals surface area contributed by atoms with Crippen molar-refractivity contribution in [2.45, 2.75) is 57.9 Å². The van der Waals surface area contributed by atoms with Gasteiger partial charge in [0.25, 0.3) is 5.91 Å². The summed E-state index contributed by atoms with van der Waals surface area (Å²) in [6.07, 6.45) is 4.03. The van der Waals surface area contributed by atoms with Crippen molar-refractivity contribution in [2.75, 3.05) is 45.8 Å². The summed E-state index contributed by atoms with van der Waals surface area (Å²) in [4.78, 5) is 17.6. The van der Waals surface area contributed by atoms with Crippen LogP contribution in [-0.2, 0) is 16.6 Å². The van der Waals surface area contributed by atoms with Crippen molar-refractivity contribution < 1.29 is 13.2 Å². The molecule has 0 aliphatic carbocycles. The van der Waals surface area contributed by atoms with Crippen LogP contribution in [0.15, 0.2) is 29.2 Å². The van der Waals surface area contributed by atoms with Gasteiger partial charge in [0.2, 0.25) is 10.0 Å². The molecule has 186 valence electrons. The molecule has 34 heavy (non-hydrogen) atoms. The van der Waals surface area contributed by atoms with Crippen molar-refractivity contribution in [3.63, 3.8) is 0 Å². The molecule has 0 unspecified atom stereocenters. The molecule has 2 saturated heterocycles. The van der Waals surface area contributed by atoms with Gasteiger partial charge in [0.05, 0.1) is 17.9 Å². The maximum Gasteiger partial charge on any atom is 0.253 e. The van der Waals surface area contributed by atoms with E-state index in [4.69, 9.17) is 0 Å². The number of hydrogen-bond donors (Lipinski definition) is 0. The number of piperidine rings is 1. The first-order chi connectivity index (χ1) is 16.3.